The molecule has 1 amide bonds. The Morgan fingerprint density at radius 1 is 1.25 bits per heavy atom. The maximum atomic E-state index is 11.1. The zero-order valence-corrected chi connectivity index (χ0v) is 14.3. The van der Waals surface area contributed by atoms with Gasteiger partial charge in [0, 0.05) is 22.2 Å². The van der Waals surface area contributed by atoms with Crippen LogP contribution in [0.15, 0.2) is 47.8 Å². The van der Waals surface area contributed by atoms with Crippen molar-refractivity contribution < 1.29 is 9.53 Å². The number of hydrogen-bond acceptors (Lipinski definition) is 5. The highest BCUT2D eigenvalue weighted by molar-refractivity contribution is 7.14. The van der Waals surface area contributed by atoms with Crippen LogP contribution in [0.2, 0.25) is 5.02 Å². The molecule has 0 fully saturated rings. The molecule has 122 valence electrons. The van der Waals surface area contributed by atoms with Gasteiger partial charge in [0.15, 0.2) is 5.13 Å². The number of ether oxygens (including phenoxy) is 1. The Morgan fingerprint density at radius 2 is 2.00 bits per heavy atom. The van der Waals surface area contributed by atoms with Crippen molar-refractivity contribution in [2.45, 2.75) is 0 Å². The van der Waals surface area contributed by atoms with Crippen LogP contribution in [-0.4, -0.2) is 18.0 Å². The minimum absolute atomic E-state index is 0.446. The Balaban J connectivity index is 1.78. The second-order valence-electron chi connectivity index (χ2n) is 4.95. The van der Waals surface area contributed by atoms with Crippen molar-refractivity contribution in [1.29, 1.82) is 0 Å². The number of carbonyl (C=O) groups excluding carboxylic acids is 1. The van der Waals surface area contributed by atoms with Crippen molar-refractivity contribution in [3.63, 3.8) is 0 Å². The third kappa shape index (κ3) is 3.50. The molecule has 24 heavy (non-hydrogen) atoms. The second-order valence-corrected chi connectivity index (χ2v) is 6.22. The fraction of sp³-hybridized carbons (Fsp3) is 0.0588. The number of nitrogens with zero attached hydrogens (tertiary/aromatic N) is 1. The Kier molecular flexibility index (Phi) is 4.69. The maximum Gasteiger partial charge on any atom is 0.248 e. The number of nitrogens with one attached hydrogen (secondary N) is 1. The second kappa shape index (κ2) is 6.90. The number of thiazole rings is 1. The van der Waals surface area contributed by atoms with Crippen molar-refractivity contribution in [2.24, 2.45) is 5.73 Å². The molecule has 3 N–H and O–H groups in total. The average Bonchev–Trinajstić information content (AvgIpc) is 3.03. The van der Waals surface area contributed by atoms with Crippen molar-refractivity contribution >= 4 is 39.7 Å². The van der Waals surface area contributed by atoms with Gasteiger partial charge < -0.3 is 15.8 Å². The molecule has 0 aliphatic rings. The van der Waals surface area contributed by atoms with Gasteiger partial charge in [-0.05, 0) is 30.3 Å². The summed E-state index contributed by atoms with van der Waals surface area (Å²) in [6, 6.07) is 12.5. The molecule has 0 spiro atoms. The lowest BCUT2D eigenvalue weighted by molar-refractivity contribution is 0.100. The van der Waals surface area contributed by atoms with E-state index in [0.717, 1.165) is 22.1 Å². The number of nitrogens with two attached hydrogens (primary N) is 1. The van der Waals surface area contributed by atoms with E-state index in [4.69, 9.17) is 22.1 Å². The summed E-state index contributed by atoms with van der Waals surface area (Å²) in [5.74, 6) is 0.176. The van der Waals surface area contributed by atoms with Crippen LogP contribution in [0.3, 0.4) is 0 Å². The van der Waals surface area contributed by atoms with Crippen molar-refractivity contribution in [3.8, 4) is 17.0 Å². The van der Waals surface area contributed by atoms with Crippen LogP contribution in [0.5, 0.6) is 5.75 Å². The molecule has 1 aromatic heterocycles. The van der Waals surface area contributed by atoms with E-state index in [9.17, 15) is 4.79 Å². The third-order valence-corrected chi connectivity index (χ3v) is 4.43. The van der Waals surface area contributed by atoms with E-state index in [2.05, 4.69) is 10.3 Å². The molecule has 0 radical (unpaired) electrons. The Bertz CT molecular complexity index is 878. The predicted octanol–water partition coefficient (Wildman–Crippen LogP) is 4.31. The van der Waals surface area contributed by atoms with Crippen LogP contribution >= 0.6 is 22.9 Å². The van der Waals surface area contributed by atoms with Gasteiger partial charge in [0.1, 0.15) is 5.75 Å². The molecule has 3 rings (SSSR count). The molecule has 0 bridgehead atoms. The van der Waals surface area contributed by atoms with E-state index in [1.807, 2.05) is 23.6 Å². The Morgan fingerprint density at radius 3 is 2.62 bits per heavy atom. The highest BCUT2D eigenvalue weighted by Crippen LogP contribution is 2.31. The summed E-state index contributed by atoms with van der Waals surface area (Å²) in [6.07, 6.45) is 0. The number of benzene rings is 2. The van der Waals surface area contributed by atoms with Crippen LogP contribution in [-0.2, 0) is 0 Å². The van der Waals surface area contributed by atoms with Crippen LogP contribution in [0, 0.1) is 0 Å². The summed E-state index contributed by atoms with van der Waals surface area (Å²) in [6.45, 7) is 0. The molecule has 0 saturated heterocycles. The maximum absolute atomic E-state index is 11.1. The molecular weight excluding hydrogens is 346 g/mol. The predicted molar refractivity (Wildman–Crippen MR) is 97.4 cm³/mol. The number of anilines is 2. The Labute approximate surface area is 148 Å². The molecule has 0 saturated carbocycles. The van der Waals surface area contributed by atoms with E-state index in [1.165, 1.54) is 11.3 Å². The van der Waals surface area contributed by atoms with Gasteiger partial charge in [-0.1, -0.05) is 23.7 Å². The summed E-state index contributed by atoms with van der Waals surface area (Å²) >= 11 is 7.59. The number of primary amides is 1. The highest BCUT2D eigenvalue weighted by atomic mass is 35.5. The largest absolute Gasteiger partial charge is 0.495 e. The quantitative estimate of drug-likeness (QED) is 0.711. The number of aromatic nitrogens is 1. The molecule has 0 aliphatic heterocycles. The first kappa shape index (κ1) is 16.3. The van der Waals surface area contributed by atoms with Gasteiger partial charge in [0.2, 0.25) is 5.91 Å². The lowest BCUT2D eigenvalue weighted by Gasteiger charge is -2.06. The number of halogens is 1. The molecule has 3 aromatic rings. The molecule has 0 atom stereocenters. The minimum atomic E-state index is -0.446. The fourth-order valence-corrected chi connectivity index (χ4v) is 3.13. The van der Waals surface area contributed by atoms with Gasteiger partial charge in [-0.25, -0.2) is 4.98 Å². The van der Waals surface area contributed by atoms with E-state index in [-0.39, 0.29) is 0 Å². The normalized spacial score (nSPS) is 10.4. The first-order chi connectivity index (χ1) is 11.6. The standard InChI is InChI=1S/C17H14ClN3O2S/c1-23-15-7-6-12(8-13(15)18)20-17-21-14(9-24-17)10-2-4-11(5-3-10)16(19)22/h2-9H,1H3,(H2,19,22)(H,20,21). The van der Waals surface area contributed by atoms with E-state index >= 15 is 0 Å². The molecule has 7 heteroatoms. The highest BCUT2D eigenvalue weighted by Gasteiger charge is 2.08. The molecular formula is C17H14ClN3O2S. The summed E-state index contributed by atoms with van der Waals surface area (Å²) in [5.41, 5.74) is 8.27. The number of amides is 1. The molecule has 0 aliphatic carbocycles. The van der Waals surface area contributed by atoms with Gasteiger partial charge in [0.25, 0.3) is 0 Å². The van der Waals surface area contributed by atoms with Crippen LogP contribution < -0.4 is 15.8 Å². The van der Waals surface area contributed by atoms with Gasteiger partial charge in [-0.2, -0.15) is 0 Å². The van der Waals surface area contributed by atoms with Crippen molar-refractivity contribution in [1.82, 2.24) is 4.98 Å². The smallest absolute Gasteiger partial charge is 0.248 e. The lowest BCUT2D eigenvalue weighted by Crippen LogP contribution is -2.10. The monoisotopic (exact) mass is 359 g/mol. The van der Waals surface area contributed by atoms with Gasteiger partial charge in [-0.15, -0.1) is 11.3 Å². The molecule has 5 nitrogen and oxygen atoms in total. The van der Waals surface area contributed by atoms with Crippen molar-refractivity contribution in [3.05, 3.63) is 58.4 Å². The SMILES string of the molecule is COc1ccc(Nc2nc(-c3ccc(C(N)=O)cc3)cs2)cc1Cl. The topological polar surface area (TPSA) is 77.2 Å². The van der Waals surface area contributed by atoms with E-state index in [1.54, 1.807) is 31.4 Å². The lowest BCUT2D eigenvalue weighted by atomic mass is 10.1. The van der Waals surface area contributed by atoms with Crippen LogP contribution in [0.25, 0.3) is 11.3 Å². The number of carbonyl (C=O) groups is 1. The summed E-state index contributed by atoms with van der Waals surface area (Å²) in [4.78, 5) is 15.6. The number of hydrogen-bond donors (Lipinski definition) is 2. The summed E-state index contributed by atoms with van der Waals surface area (Å²) < 4.78 is 5.13. The molecule has 0 unspecified atom stereocenters. The molecule has 2 aromatic carbocycles. The molecule has 1 heterocycles. The van der Waals surface area contributed by atoms with E-state index in [0.29, 0.717) is 16.3 Å². The first-order valence-electron chi connectivity index (χ1n) is 7.03. The Hall–Kier alpha value is -2.57. The summed E-state index contributed by atoms with van der Waals surface area (Å²) in [5, 5.41) is 6.42. The van der Waals surface area contributed by atoms with Gasteiger partial charge in [0.05, 0.1) is 17.8 Å². The van der Waals surface area contributed by atoms with E-state index < -0.39 is 5.91 Å². The first-order valence-corrected chi connectivity index (χ1v) is 8.29. The van der Waals surface area contributed by atoms with Crippen molar-refractivity contribution in [2.75, 3.05) is 12.4 Å². The fourth-order valence-electron chi connectivity index (χ4n) is 2.14. The number of methoxy groups -OCH3 is 1. The summed E-state index contributed by atoms with van der Waals surface area (Å²) in [7, 11) is 1.57. The van der Waals surface area contributed by atoms with Gasteiger partial charge >= 0.3 is 0 Å². The van der Waals surface area contributed by atoms with Crippen LogP contribution in [0.1, 0.15) is 10.4 Å². The van der Waals surface area contributed by atoms with Gasteiger partial charge in [-0.3, -0.25) is 4.79 Å². The average molecular weight is 360 g/mol. The minimum Gasteiger partial charge on any atom is -0.495 e. The third-order valence-electron chi connectivity index (χ3n) is 3.37. The van der Waals surface area contributed by atoms with Crippen LogP contribution in [0.4, 0.5) is 10.8 Å². The zero-order valence-electron chi connectivity index (χ0n) is 12.7. The zero-order chi connectivity index (χ0) is 17.1. The number of rotatable bonds is 5.